The topological polar surface area (TPSA) is 38.8 Å². The lowest BCUT2D eigenvalue weighted by Crippen LogP contribution is -2.41. The average Bonchev–Trinajstić information content (AvgIpc) is 2.42. The first-order valence-corrected chi connectivity index (χ1v) is 6.87. The van der Waals surface area contributed by atoms with Crippen molar-refractivity contribution in [2.24, 2.45) is 0 Å². The van der Waals surface area contributed by atoms with Crippen molar-refractivity contribution in [1.29, 1.82) is 0 Å². The minimum absolute atomic E-state index is 0.134. The quantitative estimate of drug-likeness (QED) is 0.763. The highest BCUT2D eigenvalue weighted by molar-refractivity contribution is 5.71. The lowest BCUT2D eigenvalue weighted by Gasteiger charge is -2.31. The Balaban J connectivity index is 1.72. The number of nitrogens with zero attached hydrogens (tertiary/aromatic N) is 1. The second-order valence-electron chi connectivity index (χ2n) is 4.71. The van der Waals surface area contributed by atoms with Crippen molar-refractivity contribution >= 4 is 5.97 Å². The molecule has 4 heteroatoms. The Morgan fingerprint density at radius 2 is 1.95 bits per heavy atom. The molecule has 19 heavy (non-hydrogen) atoms. The van der Waals surface area contributed by atoms with Crippen LogP contribution in [0.4, 0.5) is 0 Å². The number of benzene rings is 1. The third-order valence-electron chi connectivity index (χ3n) is 3.24. The number of hydrogen-bond acceptors (Lipinski definition) is 4. The lowest BCUT2D eigenvalue weighted by atomic mass is 10.1. The van der Waals surface area contributed by atoms with Gasteiger partial charge in [0.05, 0.1) is 13.2 Å². The molecule has 0 N–H and O–H groups in total. The molecule has 0 saturated carbocycles. The number of piperidine rings is 1. The molecule has 1 aromatic carbocycles. The van der Waals surface area contributed by atoms with Gasteiger partial charge in [-0.1, -0.05) is 18.2 Å². The van der Waals surface area contributed by atoms with Gasteiger partial charge in [0.1, 0.15) is 11.9 Å². The van der Waals surface area contributed by atoms with Gasteiger partial charge in [-0.3, -0.25) is 9.69 Å². The normalized spacial score (nSPS) is 17.1. The summed E-state index contributed by atoms with van der Waals surface area (Å²) in [4.78, 5) is 13.5. The van der Waals surface area contributed by atoms with E-state index in [0.29, 0.717) is 13.2 Å². The predicted molar refractivity (Wildman–Crippen MR) is 73.2 cm³/mol. The fourth-order valence-corrected chi connectivity index (χ4v) is 2.27. The van der Waals surface area contributed by atoms with Gasteiger partial charge in [-0.05, 0) is 31.9 Å². The van der Waals surface area contributed by atoms with Crippen LogP contribution in [0.1, 0.15) is 19.8 Å². The first-order chi connectivity index (χ1) is 9.28. The van der Waals surface area contributed by atoms with Crippen molar-refractivity contribution in [3.05, 3.63) is 30.3 Å². The van der Waals surface area contributed by atoms with Crippen LogP contribution in [0, 0.1) is 0 Å². The van der Waals surface area contributed by atoms with Crippen LogP contribution in [0.5, 0.6) is 5.75 Å². The first-order valence-electron chi connectivity index (χ1n) is 6.87. The van der Waals surface area contributed by atoms with E-state index in [1.165, 1.54) is 0 Å². The lowest BCUT2D eigenvalue weighted by molar-refractivity contribution is -0.144. The van der Waals surface area contributed by atoms with Crippen LogP contribution in [0.15, 0.2) is 30.3 Å². The van der Waals surface area contributed by atoms with Crippen molar-refractivity contribution in [3.63, 3.8) is 0 Å². The van der Waals surface area contributed by atoms with E-state index in [0.717, 1.165) is 31.7 Å². The van der Waals surface area contributed by atoms with Gasteiger partial charge in [0.15, 0.2) is 0 Å². The second kappa shape index (κ2) is 7.14. The van der Waals surface area contributed by atoms with E-state index in [1.54, 1.807) is 0 Å². The van der Waals surface area contributed by atoms with Crippen LogP contribution in [-0.2, 0) is 9.53 Å². The zero-order valence-electron chi connectivity index (χ0n) is 11.4. The number of hydrogen-bond donors (Lipinski definition) is 0. The molecule has 0 amide bonds. The highest BCUT2D eigenvalue weighted by Gasteiger charge is 2.22. The molecule has 104 valence electrons. The molecule has 1 aliphatic rings. The minimum Gasteiger partial charge on any atom is -0.490 e. The molecule has 0 aliphatic carbocycles. The Hall–Kier alpha value is -1.55. The van der Waals surface area contributed by atoms with E-state index in [-0.39, 0.29) is 12.1 Å². The summed E-state index contributed by atoms with van der Waals surface area (Å²) >= 11 is 0. The van der Waals surface area contributed by atoms with Crippen LogP contribution in [0.3, 0.4) is 0 Å². The summed E-state index contributed by atoms with van der Waals surface area (Å²) in [6, 6.07) is 9.89. The van der Waals surface area contributed by atoms with E-state index in [1.807, 2.05) is 37.3 Å². The number of ether oxygens (including phenoxy) is 2. The summed E-state index contributed by atoms with van der Waals surface area (Å²) in [6.07, 6.45) is 2.16. The molecular formula is C15H21NO3. The molecular weight excluding hydrogens is 242 g/mol. The summed E-state index contributed by atoms with van der Waals surface area (Å²) in [5.74, 6) is 0.788. The molecule has 1 heterocycles. The fraction of sp³-hybridized carbons (Fsp3) is 0.533. The van der Waals surface area contributed by atoms with Gasteiger partial charge >= 0.3 is 5.97 Å². The molecule has 0 unspecified atom stereocenters. The van der Waals surface area contributed by atoms with Crippen LogP contribution in [0.25, 0.3) is 0 Å². The highest BCUT2D eigenvalue weighted by atomic mass is 16.5. The van der Waals surface area contributed by atoms with Crippen molar-refractivity contribution in [2.75, 3.05) is 26.2 Å². The van der Waals surface area contributed by atoms with Gasteiger partial charge in [0.25, 0.3) is 0 Å². The number of carbonyl (C=O) groups is 1. The number of likely N-dealkylation sites (tertiary alicyclic amines) is 1. The van der Waals surface area contributed by atoms with Crippen molar-refractivity contribution < 1.29 is 14.3 Å². The highest BCUT2D eigenvalue weighted by Crippen LogP contribution is 2.18. The van der Waals surface area contributed by atoms with Crippen LogP contribution < -0.4 is 4.74 Å². The molecule has 0 bridgehead atoms. The Kier molecular flexibility index (Phi) is 5.21. The predicted octanol–water partition coefficient (Wildman–Crippen LogP) is 2.09. The maximum Gasteiger partial charge on any atom is 0.320 e. The van der Waals surface area contributed by atoms with Gasteiger partial charge in [0, 0.05) is 13.1 Å². The second-order valence-corrected chi connectivity index (χ2v) is 4.71. The van der Waals surface area contributed by atoms with Crippen LogP contribution >= 0.6 is 0 Å². The monoisotopic (exact) mass is 263 g/mol. The van der Waals surface area contributed by atoms with Gasteiger partial charge in [-0.25, -0.2) is 0 Å². The van der Waals surface area contributed by atoms with Crippen molar-refractivity contribution in [2.45, 2.75) is 25.9 Å². The largest absolute Gasteiger partial charge is 0.490 e. The van der Waals surface area contributed by atoms with E-state index >= 15 is 0 Å². The molecule has 0 aromatic heterocycles. The molecule has 1 saturated heterocycles. The number of esters is 1. The number of para-hydroxylation sites is 1. The summed E-state index contributed by atoms with van der Waals surface area (Å²) in [6.45, 7) is 4.45. The molecule has 0 radical (unpaired) electrons. The molecule has 0 spiro atoms. The van der Waals surface area contributed by atoms with E-state index in [2.05, 4.69) is 4.90 Å². The summed E-state index contributed by atoms with van der Waals surface area (Å²) in [5.41, 5.74) is 0. The fourth-order valence-electron chi connectivity index (χ4n) is 2.27. The Labute approximate surface area is 114 Å². The zero-order valence-corrected chi connectivity index (χ0v) is 11.4. The summed E-state index contributed by atoms with van der Waals surface area (Å²) < 4.78 is 10.9. The molecule has 2 rings (SSSR count). The molecule has 4 nitrogen and oxygen atoms in total. The maximum absolute atomic E-state index is 11.4. The van der Waals surface area contributed by atoms with E-state index < -0.39 is 0 Å². The maximum atomic E-state index is 11.4. The Morgan fingerprint density at radius 1 is 1.26 bits per heavy atom. The zero-order chi connectivity index (χ0) is 13.5. The average molecular weight is 263 g/mol. The molecule has 1 fully saturated rings. The van der Waals surface area contributed by atoms with Gasteiger partial charge in [0.2, 0.25) is 0 Å². The van der Waals surface area contributed by atoms with Crippen LogP contribution in [0.2, 0.25) is 0 Å². The SMILES string of the molecule is CCOC(=O)CN1CCC(Oc2ccccc2)CC1. The standard InChI is InChI=1S/C15H21NO3/c1-2-18-15(17)12-16-10-8-14(9-11-16)19-13-6-4-3-5-7-13/h3-7,14H,2,8-12H2,1H3. The summed E-state index contributed by atoms with van der Waals surface area (Å²) in [5, 5.41) is 0. The van der Waals surface area contributed by atoms with Crippen molar-refractivity contribution in [3.8, 4) is 5.75 Å². The molecule has 0 atom stereocenters. The third-order valence-corrected chi connectivity index (χ3v) is 3.24. The minimum atomic E-state index is -0.134. The Bertz CT molecular complexity index is 386. The van der Waals surface area contributed by atoms with Crippen molar-refractivity contribution in [1.82, 2.24) is 4.90 Å². The summed E-state index contributed by atoms with van der Waals surface area (Å²) in [7, 11) is 0. The van der Waals surface area contributed by atoms with E-state index in [9.17, 15) is 4.79 Å². The molecule has 1 aromatic rings. The third kappa shape index (κ3) is 4.56. The Morgan fingerprint density at radius 3 is 2.58 bits per heavy atom. The van der Waals surface area contributed by atoms with E-state index in [4.69, 9.17) is 9.47 Å². The van der Waals surface area contributed by atoms with Gasteiger partial charge < -0.3 is 9.47 Å². The number of carbonyl (C=O) groups excluding carboxylic acids is 1. The van der Waals surface area contributed by atoms with Gasteiger partial charge in [-0.2, -0.15) is 0 Å². The van der Waals surface area contributed by atoms with Crippen LogP contribution in [-0.4, -0.2) is 43.2 Å². The first kappa shape index (κ1) is 13.9. The van der Waals surface area contributed by atoms with Gasteiger partial charge in [-0.15, -0.1) is 0 Å². The molecule has 1 aliphatic heterocycles. The number of rotatable bonds is 5. The smallest absolute Gasteiger partial charge is 0.320 e.